The SMILES string of the molecule is CCCNC(CCc1ccnn1C)c1sccc1CC. The van der Waals surface area contributed by atoms with Crippen LogP contribution in [-0.4, -0.2) is 16.3 Å². The minimum Gasteiger partial charge on any atom is -0.309 e. The molecule has 3 nitrogen and oxygen atoms in total. The molecule has 2 heterocycles. The van der Waals surface area contributed by atoms with E-state index in [0.717, 1.165) is 25.8 Å². The monoisotopic (exact) mass is 291 g/mol. The minimum absolute atomic E-state index is 0.472. The van der Waals surface area contributed by atoms with Crippen molar-refractivity contribution in [1.82, 2.24) is 15.1 Å². The van der Waals surface area contributed by atoms with Crippen LogP contribution in [0.2, 0.25) is 0 Å². The summed E-state index contributed by atoms with van der Waals surface area (Å²) < 4.78 is 1.98. The van der Waals surface area contributed by atoms with Gasteiger partial charge in [0.05, 0.1) is 0 Å². The Morgan fingerprint density at radius 1 is 1.35 bits per heavy atom. The fourth-order valence-corrected chi connectivity index (χ4v) is 3.64. The molecule has 4 heteroatoms. The first-order valence-electron chi connectivity index (χ1n) is 7.52. The van der Waals surface area contributed by atoms with Crippen LogP contribution in [0.5, 0.6) is 0 Å². The summed E-state index contributed by atoms with van der Waals surface area (Å²) in [5.41, 5.74) is 2.80. The lowest BCUT2D eigenvalue weighted by Crippen LogP contribution is -2.23. The molecule has 0 saturated heterocycles. The first kappa shape index (κ1) is 15.3. The molecule has 2 aromatic rings. The molecule has 20 heavy (non-hydrogen) atoms. The van der Waals surface area contributed by atoms with E-state index in [1.54, 1.807) is 0 Å². The van der Waals surface area contributed by atoms with Crippen molar-refractivity contribution in [3.8, 4) is 0 Å². The molecule has 1 N–H and O–H groups in total. The second-order valence-corrected chi connectivity index (χ2v) is 6.10. The third kappa shape index (κ3) is 3.70. The van der Waals surface area contributed by atoms with Crippen LogP contribution in [0.15, 0.2) is 23.7 Å². The van der Waals surface area contributed by atoms with Crippen LogP contribution in [0.25, 0.3) is 0 Å². The van der Waals surface area contributed by atoms with Crippen molar-refractivity contribution >= 4 is 11.3 Å². The first-order chi connectivity index (χ1) is 9.76. The molecule has 2 aromatic heterocycles. The van der Waals surface area contributed by atoms with Crippen LogP contribution >= 0.6 is 11.3 Å². The van der Waals surface area contributed by atoms with E-state index in [0.29, 0.717) is 6.04 Å². The summed E-state index contributed by atoms with van der Waals surface area (Å²) in [7, 11) is 2.02. The van der Waals surface area contributed by atoms with Crippen molar-refractivity contribution in [3.05, 3.63) is 39.8 Å². The van der Waals surface area contributed by atoms with Gasteiger partial charge >= 0.3 is 0 Å². The maximum atomic E-state index is 4.25. The first-order valence-corrected chi connectivity index (χ1v) is 8.40. The van der Waals surface area contributed by atoms with Crippen molar-refractivity contribution in [2.45, 2.75) is 45.6 Å². The molecule has 2 rings (SSSR count). The largest absolute Gasteiger partial charge is 0.309 e. The molecule has 0 aliphatic rings. The van der Waals surface area contributed by atoms with Gasteiger partial charge in [-0.2, -0.15) is 5.10 Å². The Bertz CT molecular complexity index is 515. The number of thiophene rings is 1. The zero-order valence-corrected chi connectivity index (χ0v) is 13.5. The molecule has 0 aliphatic heterocycles. The van der Waals surface area contributed by atoms with Crippen LogP contribution in [0, 0.1) is 0 Å². The fourth-order valence-electron chi connectivity index (χ4n) is 2.53. The molecule has 0 radical (unpaired) electrons. The van der Waals surface area contributed by atoms with Crippen molar-refractivity contribution in [3.63, 3.8) is 0 Å². The number of aryl methyl sites for hydroxylation is 3. The highest BCUT2D eigenvalue weighted by atomic mass is 32.1. The average molecular weight is 291 g/mol. The number of nitrogens with one attached hydrogen (secondary N) is 1. The summed E-state index contributed by atoms with van der Waals surface area (Å²) >= 11 is 1.89. The van der Waals surface area contributed by atoms with Gasteiger partial charge in [-0.15, -0.1) is 11.3 Å². The lowest BCUT2D eigenvalue weighted by atomic mass is 10.0. The Morgan fingerprint density at radius 3 is 2.85 bits per heavy atom. The Labute approximate surface area is 126 Å². The van der Waals surface area contributed by atoms with E-state index >= 15 is 0 Å². The summed E-state index contributed by atoms with van der Waals surface area (Å²) in [5.74, 6) is 0. The van der Waals surface area contributed by atoms with Crippen LogP contribution in [-0.2, 0) is 19.9 Å². The van der Waals surface area contributed by atoms with E-state index in [4.69, 9.17) is 0 Å². The molecular formula is C16H25N3S. The molecule has 0 fully saturated rings. The lowest BCUT2D eigenvalue weighted by Gasteiger charge is -2.19. The van der Waals surface area contributed by atoms with Gasteiger partial charge < -0.3 is 5.32 Å². The Balaban J connectivity index is 2.05. The predicted molar refractivity (Wildman–Crippen MR) is 86.3 cm³/mol. The van der Waals surface area contributed by atoms with Gasteiger partial charge in [0.2, 0.25) is 0 Å². The topological polar surface area (TPSA) is 29.9 Å². The molecule has 0 aromatic carbocycles. The number of rotatable bonds is 8. The molecule has 1 atom stereocenters. The second-order valence-electron chi connectivity index (χ2n) is 5.16. The highest BCUT2D eigenvalue weighted by Gasteiger charge is 2.16. The fraction of sp³-hybridized carbons (Fsp3) is 0.562. The highest BCUT2D eigenvalue weighted by Crippen LogP contribution is 2.28. The Kier molecular flexibility index (Phi) is 5.80. The van der Waals surface area contributed by atoms with E-state index in [1.807, 2.05) is 29.3 Å². The number of hydrogen-bond acceptors (Lipinski definition) is 3. The van der Waals surface area contributed by atoms with Gasteiger partial charge in [0.1, 0.15) is 0 Å². The molecular weight excluding hydrogens is 266 g/mol. The van der Waals surface area contributed by atoms with E-state index in [9.17, 15) is 0 Å². The molecule has 0 bridgehead atoms. The van der Waals surface area contributed by atoms with Crippen molar-refractivity contribution in [1.29, 1.82) is 0 Å². The van der Waals surface area contributed by atoms with Gasteiger partial charge in [-0.25, -0.2) is 0 Å². The smallest absolute Gasteiger partial charge is 0.0492 e. The number of aromatic nitrogens is 2. The number of hydrogen-bond donors (Lipinski definition) is 1. The van der Waals surface area contributed by atoms with E-state index in [-0.39, 0.29) is 0 Å². The molecule has 0 spiro atoms. The molecule has 110 valence electrons. The Hall–Kier alpha value is -1.13. The third-order valence-electron chi connectivity index (χ3n) is 3.73. The molecule has 0 saturated carbocycles. The third-order valence-corrected chi connectivity index (χ3v) is 4.80. The van der Waals surface area contributed by atoms with E-state index in [1.165, 1.54) is 22.6 Å². The van der Waals surface area contributed by atoms with Gasteiger partial charge in [-0.05, 0) is 55.3 Å². The predicted octanol–water partition coefficient (Wildman–Crippen LogP) is 3.72. The van der Waals surface area contributed by atoms with Gasteiger partial charge in [0.15, 0.2) is 0 Å². The van der Waals surface area contributed by atoms with Gasteiger partial charge in [-0.1, -0.05) is 13.8 Å². The second kappa shape index (κ2) is 7.60. The van der Waals surface area contributed by atoms with Gasteiger partial charge in [0.25, 0.3) is 0 Å². The van der Waals surface area contributed by atoms with Crippen LogP contribution in [0.3, 0.4) is 0 Å². The molecule has 0 aliphatic carbocycles. The Morgan fingerprint density at radius 2 is 2.20 bits per heavy atom. The average Bonchev–Trinajstić information content (AvgIpc) is 3.08. The van der Waals surface area contributed by atoms with Crippen molar-refractivity contribution in [2.24, 2.45) is 7.05 Å². The van der Waals surface area contributed by atoms with Crippen LogP contribution in [0.4, 0.5) is 0 Å². The van der Waals surface area contributed by atoms with Gasteiger partial charge in [0, 0.05) is 29.9 Å². The summed E-state index contributed by atoms with van der Waals surface area (Å²) in [6.45, 7) is 5.54. The quantitative estimate of drug-likeness (QED) is 0.803. The van der Waals surface area contributed by atoms with Crippen molar-refractivity contribution in [2.75, 3.05) is 6.54 Å². The van der Waals surface area contributed by atoms with Gasteiger partial charge in [-0.3, -0.25) is 4.68 Å². The summed E-state index contributed by atoms with van der Waals surface area (Å²) in [4.78, 5) is 1.52. The maximum absolute atomic E-state index is 4.25. The van der Waals surface area contributed by atoms with Crippen LogP contribution < -0.4 is 5.32 Å². The molecule has 0 amide bonds. The van der Waals surface area contributed by atoms with E-state index in [2.05, 4.69) is 41.8 Å². The number of nitrogens with zero attached hydrogens (tertiary/aromatic N) is 2. The van der Waals surface area contributed by atoms with Crippen LogP contribution in [0.1, 0.15) is 48.9 Å². The summed E-state index contributed by atoms with van der Waals surface area (Å²) in [6, 6.07) is 4.86. The maximum Gasteiger partial charge on any atom is 0.0492 e. The standard InChI is InChI=1S/C16H25N3S/c1-4-10-17-15(16-13(5-2)9-12-20-16)7-6-14-8-11-18-19(14)3/h8-9,11-12,15,17H,4-7,10H2,1-3H3. The summed E-state index contributed by atoms with van der Waals surface area (Å²) in [6.07, 6.45) is 6.38. The molecule has 1 unspecified atom stereocenters. The lowest BCUT2D eigenvalue weighted by molar-refractivity contribution is 0.495. The zero-order chi connectivity index (χ0) is 14.4. The summed E-state index contributed by atoms with van der Waals surface area (Å²) in [5, 5.41) is 10.2. The zero-order valence-electron chi connectivity index (χ0n) is 12.7. The normalized spacial score (nSPS) is 12.8. The minimum atomic E-state index is 0.472. The van der Waals surface area contributed by atoms with Crippen molar-refractivity contribution < 1.29 is 0 Å². The van der Waals surface area contributed by atoms with E-state index < -0.39 is 0 Å². The highest BCUT2D eigenvalue weighted by molar-refractivity contribution is 7.10.